The quantitative estimate of drug-likeness (QED) is 0.244. The molecule has 1 unspecified atom stereocenters. The minimum absolute atomic E-state index is 0.0696. The normalized spacial score (nSPS) is 22.5. The Morgan fingerprint density at radius 3 is 2.57 bits per heavy atom. The number of nitrogens with two attached hydrogens (primary N) is 1. The van der Waals surface area contributed by atoms with Crippen molar-refractivity contribution in [2.24, 2.45) is 16.6 Å². The largest absolute Gasteiger partial charge is 0.394 e. The molecule has 0 spiro atoms. The molecule has 2 aliphatic heterocycles. The predicted octanol–water partition coefficient (Wildman–Crippen LogP) is 1.51. The maximum absolute atomic E-state index is 13.1. The molecule has 1 aromatic heterocycles. The summed E-state index contributed by atoms with van der Waals surface area (Å²) in [5.41, 5.74) is 9.35. The van der Waals surface area contributed by atoms with Crippen LogP contribution < -0.4 is 16.4 Å². The number of aromatic nitrogens is 1. The van der Waals surface area contributed by atoms with Crippen molar-refractivity contribution in [3.05, 3.63) is 64.6 Å². The van der Waals surface area contributed by atoms with Gasteiger partial charge in [-0.05, 0) is 62.4 Å². The molecule has 0 bridgehead atoms. The molecular formula is C30H33N7O5. The van der Waals surface area contributed by atoms with E-state index >= 15 is 0 Å². The lowest BCUT2D eigenvalue weighted by atomic mass is 9.80. The Hall–Kier alpha value is -4.87. The van der Waals surface area contributed by atoms with Crippen LogP contribution >= 0.6 is 0 Å². The number of aryl methyl sites for hydroxylation is 1. The second-order valence-electron chi connectivity index (χ2n) is 11.0. The standard InChI is InChI=1S/C30H33N7O5/c1-16-5-4-6-23(34-16)22(26(31)30(42)36(2)3)15-33-19-11-17(12-19)14-32-18-7-8-20-21(13-18)29(41)37(28(20)40)24-9-10-25(38)35-27(24)39/h4-8,13,15,17,19,24,32H,9-12,14,31H2,1-3H3,(H,35,38,39). The first-order valence-electron chi connectivity index (χ1n) is 13.8. The molecule has 1 saturated carbocycles. The Labute approximate surface area is 243 Å². The van der Waals surface area contributed by atoms with Crippen molar-refractivity contribution in [1.29, 1.82) is 0 Å². The molecule has 218 valence electrons. The second-order valence-corrected chi connectivity index (χ2v) is 11.0. The van der Waals surface area contributed by atoms with E-state index in [0.29, 0.717) is 29.4 Å². The summed E-state index contributed by atoms with van der Waals surface area (Å²) in [5.74, 6) is -2.09. The lowest BCUT2D eigenvalue weighted by Gasteiger charge is -2.33. The van der Waals surface area contributed by atoms with Crippen molar-refractivity contribution in [1.82, 2.24) is 20.1 Å². The van der Waals surface area contributed by atoms with Crippen molar-refractivity contribution >= 4 is 47.0 Å². The van der Waals surface area contributed by atoms with E-state index in [2.05, 4.69) is 15.6 Å². The molecule has 1 aliphatic carbocycles. The molecule has 42 heavy (non-hydrogen) atoms. The average molecular weight is 572 g/mol. The monoisotopic (exact) mass is 571 g/mol. The van der Waals surface area contributed by atoms with Gasteiger partial charge in [0.15, 0.2) is 0 Å². The SMILES string of the molecule is Cc1cccc(C(C=NC2CC(CNc3ccc4c(c3)C(=O)N(C3CCC(=O)NC3=O)C4=O)C2)=C(N)C(=O)N(C)C)n1. The number of imide groups is 2. The van der Waals surface area contributed by atoms with Gasteiger partial charge in [0.05, 0.1) is 22.9 Å². The molecule has 3 aliphatic rings. The minimum Gasteiger partial charge on any atom is -0.394 e. The number of rotatable bonds is 8. The topological polar surface area (TPSA) is 167 Å². The van der Waals surface area contributed by atoms with Crippen LogP contribution in [-0.4, -0.2) is 83.3 Å². The molecule has 0 radical (unpaired) electrons. The van der Waals surface area contributed by atoms with Gasteiger partial charge in [-0.25, -0.2) is 0 Å². The number of amides is 5. The third-order valence-corrected chi connectivity index (χ3v) is 7.75. The van der Waals surface area contributed by atoms with Gasteiger partial charge in [0, 0.05) is 50.2 Å². The first kappa shape index (κ1) is 28.7. The lowest BCUT2D eigenvalue weighted by Crippen LogP contribution is -2.54. The Balaban J connectivity index is 1.19. The number of pyridine rings is 1. The fourth-order valence-electron chi connectivity index (χ4n) is 5.33. The Morgan fingerprint density at radius 1 is 1.14 bits per heavy atom. The summed E-state index contributed by atoms with van der Waals surface area (Å²) in [6.45, 7) is 2.52. The molecule has 3 heterocycles. The molecule has 12 nitrogen and oxygen atoms in total. The zero-order valence-corrected chi connectivity index (χ0v) is 23.7. The number of benzene rings is 1. The number of nitrogens with zero attached hydrogens (tertiary/aromatic N) is 4. The molecule has 1 aromatic carbocycles. The second kappa shape index (κ2) is 11.6. The van der Waals surface area contributed by atoms with Crippen molar-refractivity contribution in [2.45, 2.75) is 44.7 Å². The van der Waals surface area contributed by atoms with E-state index in [1.807, 2.05) is 19.1 Å². The van der Waals surface area contributed by atoms with Gasteiger partial charge in [-0.3, -0.25) is 44.2 Å². The molecule has 4 N–H and O–H groups in total. The maximum atomic E-state index is 13.1. The molecule has 5 amide bonds. The maximum Gasteiger partial charge on any atom is 0.269 e. The van der Waals surface area contributed by atoms with Crippen LogP contribution in [0.4, 0.5) is 5.69 Å². The van der Waals surface area contributed by atoms with Gasteiger partial charge < -0.3 is 16.0 Å². The average Bonchev–Trinajstić information content (AvgIpc) is 3.17. The van der Waals surface area contributed by atoms with Gasteiger partial charge in [0.1, 0.15) is 11.7 Å². The summed E-state index contributed by atoms with van der Waals surface area (Å²) in [6, 6.07) is 9.57. The molecule has 1 atom stereocenters. The minimum atomic E-state index is -0.993. The lowest BCUT2D eigenvalue weighted by molar-refractivity contribution is -0.136. The summed E-state index contributed by atoms with van der Waals surface area (Å²) in [5, 5.41) is 5.54. The number of carbonyl (C=O) groups excluding carboxylic acids is 5. The molecule has 2 fully saturated rings. The van der Waals surface area contributed by atoms with Crippen molar-refractivity contribution in [2.75, 3.05) is 26.0 Å². The summed E-state index contributed by atoms with van der Waals surface area (Å²) >= 11 is 0. The summed E-state index contributed by atoms with van der Waals surface area (Å²) in [7, 11) is 3.28. The van der Waals surface area contributed by atoms with Gasteiger partial charge in [0.2, 0.25) is 11.8 Å². The zero-order valence-electron chi connectivity index (χ0n) is 23.7. The fourth-order valence-corrected chi connectivity index (χ4v) is 5.33. The Bertz CT molecular complexity index is 1540. The van der Waals surface area contributed by atoms with E-state index in [4.69, 9.17) is 10.7 Å². The van der Waals surface area contributed by atoms with E-state index in [1.54, 1.807) is 44.6 Å². The fraction of sp³-hybridized carbons (Fsp3) is 0.367. The van der Waals surface area contributed by atoms with Gasteiger partial charge >= 0.3 is 0 Å². The summed E-state index contributed by atoms with van der Waals surface area (Å²) < 4.78 is 0. The van der Waals surface area contributed by atoms with Crippen LogP contribution in [0.3, 0.4) is 0 Å². The summed E-state index contributed by atoms with van der Waals surface area (Å²) in [4.78, 5) is 73.9. The van der Waals surface area contributed by atoms with Gasteiger partial charge in [-0.1, -0.05) is 6.07 Å². The van der Waals surface area contributed by atoms with Crippen molar-refractivity contribution in [3.63, 3.8) is 0 Å². The first-order valence-corrected chi connectivity index (χ1v) is 13.8. The number of nitrogens with one attached hydrogen (secondary N) is 2. The number of anilines is 1. The van der Waals surface area contributed by atoms with Crippen LogP contribution in [0.25, 0.3) is 5.57 Å². The highest BCUT2D eigenvalue weighted by Crippen LogP contribution is 2.33. The first-order chi connectivity index (χ1) is 20.0. The van der Waals surface area contributed by atoms with Gasteiger partial charge in [-0.15, -0.1) is 0 Å². The highest BCUT2D eigenvalue weighted by atomic mass is 16.2. The molecule has 2 aromatic rings. The predicted molar refractivity (Wildman–Crippen MR) is 155 cm³/mol. The van der Waals surface area contributed by atoms with E-state index < -0.39 is 29.7 Å². The number of fused-ring (bicyclic) bond motifs is 1. The van der Waals surface area contributed by atoms with Crippen LogP contribution in [0.15, 0.2) is 47.1 Å². The van der Waals surface area contributed by atoms with Crippen LogP contribution in [-0.2, 0) is 14.4 Å². The van der Waals surface area contributed by atoms with Crippen LogP contribution in [0.1, 0.15) is 57.8 Å². The number of aliphatic imine (C=N–C) groups is 1. The number of piperidine rings is 1. The van der Waals surface area contributed by atoms with E-state index in [9.17, 15) is 24.0 Å². The van der Waals surface area contributed by atoms with Gasteiger partial charge in [-0.2, -0.15) is 0 Å². The zero-order chi connectivity index (χ0) is 30.1. The molecule has 5 rings (SSSR count). The molecular weight excluding hydrogens is 538 g/mol. The third-order valence-electron chi connectivity index (χ3n) is 7.75. The van der Waals surface area contributed by atoms with Gasteiger partial charge in [0.25, 0.3) is 17.7 Å². The van der Waals surface area contributed by atoms with Crippen LogP contribution in [0.2, 0.25) is 0 Å². The third kappa shape index (κ3) is 5.65. The number of carbonyl (C=O) groups is 5. The van der Waals surface area contributed by atoms with Crippen LogP contribution in [0.5, 0.6) is 0 Å². The summed E-state index contributed by atoms with van der Waals surface area (Å²) in [6.07, 6.45) is 3.48. The Kier molecular flexibility index (Phi) is 7.88. The smallest absolute Gasteiger partial charge is 0.269 e. The van der Waals surface area contributed by atoms with E-state index in [-0.39, 0.29) is 41.6 Å². The number of hydrogen-bond donors (Lipinski definition) is 3. The van der Waals surface area contributed by atoms with E-state index in [1.165, 1.54) is 4.90 Å². The number of allylic oxidation sites excluding steroid dienone is 1. The molecule has 12 heteroatoms. The number of hydrogen-bond acceptors (Lipinski definition) is 9. The number of likely N-dealkylation sites (N-methyl/N-ethyl adjacent to an activating group) is 1. The Morgan fingerprint density at radius 2 is 1.88 bits per heavy atom. The van der Waals surface area contributed by atoms with E-state index in [0.717, 1.165) is 23.4 Å². The van der Waals surface area contributed by atoms with Crippen molar-refractivity contribution < 1.29 is 24.0 Å². The highest BCUT2D eigenvalue weighted by molar-refractivity contribution is 6.23. The molecule has 1 saturated heterocycles. The van der Waals surface area contributed by atoms with Crippen molar-refractivity contribution in [3.8, 4) is 0 Å². The van der Waals surface area contributed by atoms with Crippen LogP contribution in [0, 0.1) is 12.8 Å². The highest BCUT2D eigenvalue weighted by Gasteiger charge is 2.44.